The number of carbonyl (C=O) groups is 1. The van der Waals surface area contributed by atoms with Gasteiger partial charge in [0.1, 0.15) is 0 Å². The maximum Gasteiger partial charge on any atom is 0.261 e. The Balaban J connectivity index is 1.74. The van der Waals surface area contributed by atoms with Crippen molar-refractivity contribution in [2.45, 2.75) is 31.4 Å². The molecule has 0 saturated carbocycles. The van der Waals surface area contributed by atoms with Gasteiger partial charge in [-0.3, -0.25) is 9.52 Å². The van der Waals surface area contributed by atoms with Gasteiger partial charge in [0.2, 0.25) is 5.88 Å². The summed E-state index contributed by atoms with van der Waals surface area (Å²) in [5.41, 5.74) is 1.18. The van der Waals surface area contributed by atoms with Crippen LogP contribution in [0.25, 0.3) is 0 Å². The van der Waals surface area contributed by atoms with Crippen LogP contribution in [0.1, 0.15) is 29.8 Å². The van der Waals surface area contributed by atoms with Crippen LogP contribution >= 0.6 is 11.6 Å². The zero-order chi connectivity index (χ0) is 22.4. The van der Waals surface area contributed by atoms with Crippen molar-refractivity contribution in [1.82, 2.24) is 10.3 Å². The van der Waals surface area contributed by atoms with Crippen LogP contribution in [-0.2, 0) is 16.6 Å². The molecule has 0 spiro atoms. The number of benzene rings is 2. The molecule has 1 heterocycles. The van der Waals surface area contributed by atoms with Crippen molar-refractivity contribution < 1.29 is 17.9 Å². The van der Waals surface area contributed by atoms with Crippen LogP contribution < -0.4 is 14.8 Å². The summed E-state index contributed by atoms with van der Waals surface area (Å²) < 4.78 is 33.5. The Bertz CT molecular complexity index is 1180. The summed E-state index contributed by atoms with van der Waals surface area (Å²) in [7, 11) is -3.92. The van der Waals surface area contributed by atoms with Gasteiger partial charge in [0, 0.05) is 23.9 Å². The van der Waals surface area contributed by atoms with E-state index in [2.05, 4.69) is 15.0 Å². The van der Waals surface area contributed by atoms with Crippen LogP contribution in [0.3, 0.4) is 0 Å². The van der Waals surface area contributed by atoms with E-state index in [9.17, 15) is 13.2 Å². The lowest BCUT2D eigenvalue weighted by atomic mass is 10.2. The highest BCUT2D eigenvalue weighted by Crippen LogP contribution is 2.24. The minimum absolute atomic E-state index is 0.0507. The Labute approximate surface area is 186 Å². The molecule has 7 nitrogen and oxygen atoms in total. The van der Waals surface area contributed by atoms with Gasteiger partial charge in [0.15, 0.2) is 0 Å². The second-order valence-corrected chi connectivity index (χ2v) is 9.02. The first-order valence-electron chi connectivity index (χ1n) is 9.52. The molecule has 9 heteroatoms. The van der Waals surface area contributed by atoms with Crippen molar-refractivity contribution in [1.29, 1.82) is 0 Å². The lowest BCUT2D eigenvalue weighted by Crippen LogP contribution is -2.24. The Kier molecular flexibility index (Phi) is 7.14. The second kappa shape index (κ2) is 9.80. The molecule has 1 aromatic heterocycles. The van der Waals surface area contributed by atoms with Crippen molar-refractivity contribution in [3.63, 3.8) is 0 Å². The standard InChI is InChI=1S/C22H22ClN3O4S/c1-15(2)30-22-17(8-6-12-24-22)14-25-21(27)16-7-5-9-18(13-16)31(28,29)26-20-11-4-3-10-19(20)23/h3-13,15,26H,14H2,1-2H3,(H,25,27). The third-order valence-corrected chi connectivity index (χ3v) is 5.85. The quantitative estimate of drug-likeness (QED) is 0.524. The number of amides is 1. The normalized spacial score (nSPS) is 11.2. The predicted octanol–water partition coefficient (Wildman–Crippen LogP) is 4.25. The minimum Gasteiger partial charge on any atom is -0.475 e. The first-order valence-corrected chi connectivity index (χ1v) is 11.4. The highest BCUT2D eigenvalue weighted by atomic mass is 35.5. The van der Waals surface area contributed by atoms with Gasteiger partial charge in [0.25, 0.3) is 15.9 Å². The van der Waals surface area contributed by atoms with Crippen molar-refractivity contribution in [2.24, 2.45) is 0 Å². The maximum absolute atomic E-state index is 12.7. The van der Waals surface area contributed by atoms with Gasteiger partial charge in [-0.25, -0.2) is 13.4 Å². The Hall–Kier alpha value is -3.10. The molecular weight excluding hydrogens is 438 g/mol. The number of sulfonamides is 1. The van der Waals surface area contributed by atoms with E-state index in [1.54, 1.807) is 48.7 Å². The van der Waals surface area contributed by atoms with Crippen LogP contribution in [0, 0.1) is 0 Å². The molecule has 2 aromatic carbocycles. The van der Waals surface area contributed by atoms with Crippen LogP contribution in [0.15, 0.2) is 71.8 Å². The fourth-order valence-electron chi connectivity index (χ4n) is 2.72. The van der Waals surface area contributed by atoms with E-state index in [1.165, 1.54) is 18.2 Å². The van der Waals surface area contributed by atoms with Gasteiger partial charge < -0.3 is 10.1 Å². The van der Waals surface area contributed by atoms with Crippen molar-refractivity contribution in [3.05, 3.63) is 83.0 Å². The largest absolute Gasteiger partial charge is 0.475 e. The van der Waals surface area contributed by atoms with Crippen molar-refractivity contribution in [2.75, 3.05) is 4.72 Å². The summed E-state index contributed by atoms with van der Waals surface area (Å²) in [6, 6.07) is 15.8. The summed E-state index contributed by atoms with van der Waals surface area (Å²) in [5.74, 6) is 0.0206. The summed E-state index contributed by atoms with van der Waals surface area (Å²) in [5, 5.41) is 3.05. The van der Waals surface area contributed by atoms with E-state index < -0.39 is 15.9 Å². The molecular formula is C22H22ClN3O4S. The van der Waals surface area contributed by atoms with Crippen LogP contribution in [-0.4, -0.2) is 25.4 Å². The predicted molar refractivity (Wildman–Crippen MR) is 120 cm³/mol. The topological polar surface area (TPSA) is 97.4 Å². The van der Waals surface area contributed by atoms with Gasteiger partial charge in [0.05, 0.1) is 21.7 Å². The molecule has 0 fully saturated rings. The molecule has 0 aliphatic carbocycles. The molecule has 0 aliphatic rings. The molecule has 0 radical (unpaired) electrons. The number of nitrogens with zero attached hydrogens (tertiary/aromatic N) is 1. The fourth-order valence-corrected chi connectivity index (χ4v) is 4.08. The number of aromatic nitrogens is 1. The van der Waals surface area contributed by atoms with E-state index in [4.69, 9.17) is 16.3 Å². The summed E-state index contributed by atoms with van der Waals surface area (Å²) in [6.07, 6.45) is 1.56. The Morgan fingerprint density at radius 3 is 2.61 bits per heavy atom. The third-order valence-electron chi connectivity index (χ3n) is 4.16. The molecule has 2 N–H and O–H groups in total. The zero-order valence-corrected chi connectivity index (χ0v) is 18.6. The van der Waals surface area contributed by atoms with E-state index in [0.717, 1.165) is 0 Å². The summed E-state index contributed by atoms with van der Waals surface area (Å²) in [4.78, 5) is 16.8. The second-order valence-electron chi connectivity index (χ2n) is 6.93. The minimum atomic E-state index is -3.92. The number of anilines is 1. The number of carbonyl (C=O) groups excluding carboxylic acids is 1. The molecule has 0 bridgehead atoms. The first kappa shape index (κ1) is 22.6. The average molecular weight is 460 g/mol. The van der Waals surface area contributed by atoms with Crippen LogP contribution in [0.4, 0.5) is 5.69 Å². The molecule has 0 unspecified atom stereocenters. The molecule has 31 heavy (non-hydrogen) atoms. The number of ether oxygens (including phenoxy) is 1. The number of nitrogens with one attached hydrogen (secondary N) is 2. The van der Waals surface area contributed by atoms with Gasteiger partial charge >= 0.3 is 0 Å². The number of hydrogen-bond donors (Lipinski definition) is 2. The lowest BCUT2D eigenvalue weighted by Gasteiger charge is -2.13. The molecule has 0 atom stereocenters. The van der Waals surface area contributed by atoms with E-state index in [-0.39, 0.29) is 33.8 Å². The highest BCUT2D eigenvalue weighted by Gasteiger charge is 2.18. The van der Waals surface area contributed by atoms with Gasteiger partial charge in [-0.05, 0) is 50.2 Å². The summed E-state index contributed by atoms with van der Waals surface area (Å²) in [6.45, 7) is 3.96. The molecule has 1 amide bonds. The Morgan fingerprint density at radius 2 is 1.87 bits per heavy atom. The highest BCUT2D eigenvalue weighted by molar-refractivity contribution is 7.92. The van der Waals surface area contributed by atoms with Crippen molar-refractivity contribution >= 4 is 33.2 Å². The van der Waals surface area contributed by atoms with E-state index >= 15 is 0 Å². The van der Waals surface area contributed by atoms with Crippen LogP contribution in [0.2, 0.25) is 5.02 Å². The molecule has 0 aliphatic heterocycles. The molecule has 162 valence electrons. The molecule has 0 saturated heterocycles. The van der Waals surface area contributed by atoms with Crippen LogP contribution in [0.5, 0.6) is 5.88 Å². The van der Waals surface area contributed by atoms with Gasteiger partial charge in [-0.15, -0.1) is 0 Å². The van der Waals surface area contributed by atoms with Gasteiger partial charge in [-0.1, -0.05) is 35.9 Å². The number of hydrogen-bond acceptors (Lipinski definition) is 5. The van der Waals surface area contributed by atoms with E-state index in [0.29, 0.717) is 11.4 Å². The van der Waals surface area contributed by atoms with E-state index in [1.807, 2.05) is 13.8 Å². The zero-order valence-electron chi connectivity index (χ0n) is 17.0. The first-order chi connectivity index (χ1) is 14.8. The van der Waals surface area contributed by atoms with Gasteiger partial charge in [-0.2, -0.15) is 0 Å². The lowest BCUT2D eigenvalue weighted by molar-refractivity contribution is 0.0950. The fraction of sp³-hybridized carbons (Fsp3) is 0.182. The molecule has 3 aromatic rings. The average Bonchev–Trinajstić information content (AvgIpc) is 2.74. The SMILES string of the molecule is CC(C)Oc1ncccc1CNC(=O)c1cccc(S(=O)(=O)Nc2ccccc2Cl)c1. The molecule has 3 rings (SSSR count). The third kappa shape index (κ3) is 5.96. The maximum atomic E-state index is 12.7. The Morgan fingerprint density at radius 1 is 1.10 bits per heavy atom. The number of para-hydroxylation sites is 1. The number of pyridine rings is 1. The number of rotatable bonds is 8. The summed E-state index contributed by atoms with van der Waals surface area (Å²) >= 11 is 6.04. The number of halogens is 1. The van der Waals surface area contributed by atoms with Crippen molar-refractivity contribution in [3.8, 4) is 5.88 Å². The smallest absolute Gasteiger partial charge is 0.261 e. The monoisotopic (exact) mass is 459 g/mol.